The summed E-state index contributed by atoms with van der Waals surface area (Å²) in [5, 5.41) is 10.4. The van der Waals surface area contributed by atoms with Gasteiger partial charge >= 0.3 is 0 Å². The van der Waals surface area contributed by atoms with E-state index in [-0.39, 0.29) is 39.7 Å². The van der Waals surface area contributed by atoms with Crippen LogP contribution in [0.5, 0.6) is 34.5 Å². The minimum atomic E-state index is -0.503. The molecule has 0 aliphatic heterocycles. The van der Waals surface area contributed by atoms with Crippen LogP contribution in [0.1, 0.15) is 5.56 Å². The third-order valence-corrected chi connectivity index (χ3v) is 5.33. The van der Waals surface area contributed by atoms with Gasteiger partial charge in [-0.2, -0.15) is 0 Å². The van der Waals surface area contributed by atoms with Gasteiger partial charge < -0.3 is 33.2 Å². The van der Waals surface area contributed by atoms with Crippen LogP contribution in [0, 0.1) is 0 Å². The Morgan fingerprint density at radius 2 is 1.50 bits per heavy atom. The van der Waals surface area contributed by atoms with Crippen LogP contribution in [0.2, 0.25) is 0 Å². The van der Waals surface area contributed by atoms with Crippen LogP contribution in [-0.4, -0.2) is 33.5 Å². The molecule has 0 radical (unpaired) electrons. The fraction of sp³-hybridized carbons (Fsp3) is 0.192. The molecule has 0 bridgehead atoms. The van der Waals surface area contributed by atoms with Gasteiger partial charge in [-0.25, -0.2) is 0 Å². The number of hydrogen-bond donors (Lipinski definition) is 1. The lowest BCUT2D eigenvalue weighted by molar-refractivity contribution is 0.284. The maximum atomic E-state index is 13.3. The molecule has 4 rings (SSSR count). The number of fused-ring (bicyclic) bond motifs is 1. The molecule has 0 amide bonds. The zero-order valence-electron chi connectivity index (χ0n) is 19.2. The maximum absolute atomic E-state index is 13.3. The summed E-state index contributed by atoms with van der Waals surface area (Å²) >= 11 is 0. The molecule has 0 spiro atoms. The molecular weight excluding hydrogens is 440 g/mol. The minimum Gasteiger partial charge on any atom is -0.502 e. The second-order valence-corrected chi connectivity index (χ2v) is 7.27. The fourth-order valence-electron chi connectivity index (χ4n) is 3.66. The van der Waals surface area contributed by atoms with E-state index < -0.39 is 5.43 Å². The Bertz CT molecular complexity index is 1380. The van der Waals surface area contributed by atoms with Crippen molar-refractivity contribution in [1.82, 2.24) is 0 Å². The SMILES string of the molecule is COc1cc(-c2oc3cc(OC)c(O)c(OC)c3c(=O)c2OC)ccc1OCc1ccccc1. The summed E-state index contributed by atoms with van der Waals surface area (Å²) in [6.07, 6.45) is 0. The van der Waals surface area contributed by atoms with Crippen molar-refractivity contribution in [2.75, 3.05) is 28.4 Å². The van der Waals surface area contributed by atoms with Crippen LogP contribution in [-0.2, 0) is 6.61 Å². The topological polar surface area (TPSA) is 96.6 Å². The molecule has 4 aromatic rings. The summed E-state index contributed by atoms with van der Waals surface area (Å²) in [4.78, 5) is 13.3. The number of ether oxygens (including phenoxy) is 5. The van der Waals surface area contributed by atoms with Gasteiger partial charge in [0.25, 0.3) is 0 Å². The van der Waals surface area contributed by atoms with Crippen molar-refractivity contribution in [1.29, 1.82) is 0 Å². The second-order valence-electron chi connectivity index (χ2n) is 7.27. The molecule has 0 atom stereocenters. The molecule has 0 saturated heterocycles. The van der Waals surface area contributed by atoms with Crippen LogP contribution >= 0.6 is 0 Å². The standard InChI is InChI=1S/C26H24O8/c1-29-18-12-16(10-11-17(18)33-14-15-8-6-5-7-9-15)24-26(32-4)23(28)21-19(34-24)13-20(30-2)22(27)25(21)31-3/h5-13,27H,14H2,1-4H3. The molecule has 8 heteroatoms. The quantitative estimate of drug-likeness (QED) is 0.398. The lowest BCUT2D eigenvalue weighted by Gasteiger charge is -2.15. The predicted molar refractivity (Wildman–Crippen MR) is 127 cm³/mol. The van der Waals surface area contributed by atoms with Crippen molar-refractivity contribution in [2.45, 2.75) is 6.61 Å². The molecule has 0 aliphatic carbocycles. The summed E-state index contributed by atoms with van der Waals surface area (Å²) in [5.41, 5.74) is 1.21. The van der Waals surface area contributed by atoms with Crippen molar-refractivity contribution in [3.63, 3.8) is 0 Å². The summed E-state index contributed by atoms with van der Waals surface area (Å²) < 4.78 is 33.4. The lowest BCUT2D eigenvalue weighted by atomic mass is 10.1. The lowest BCUT2D eigenvalue weighted by Crippen LogP contribution is -2.09. The molecule has 1 N–H and O–H groups in total. The minimum absolute atomic E-state index is 0.0381. The summed E-state index contributed by atoms with van der Waals surface area (Å²) in [6.45, 7) is 0.369. The van der Waals surface area contributed by atoms with Gasteiger partial charge in [-0.1, -0.05) is 30.3 Å². The number of aromatic hydroxyl groups is 1. The van der Waals surface area contributed by atoms with Crippen LogP contribution in [0.3, 0.4) is 0 Å². The highest BCUT2D eigenvalue weighted by Gasteiger charge is 2.24. The smallest absolute Gasteiger partial charge is 0.239 e. The number of phenols is 1. The van der Waals surface area contributed by atoms with E-state index in [1.165, 1.54) is 34.5 Å². The summed E-state index contributed by atoms with van der Waals surface area (Å²) in [5.74, 6) is 0.866. The van der Waals surface area contributed by atoms with Crippen molar-refractivity contribution in [3.05, 3.63) is 70.4 Å². The van der Waals surface area contributed by atoms with E-state index in [0.717, 1.165) is 5.56 Å². The normalized spacial score (nSPS) is 10.7. The largest absolute Gasteiger partial charge is 0.502 e. The van der Waals surface area contributed by atoms with E-state index in [2.05, 4.69) is 0 Å². The predicted octanol–water partition coefficient (Wildman–Crippen LogP) is 4.78. The van der Waals surface area contributed by atoms with E-state index in [0.29, 0.717) is 23.7 Å². The van der Waals surface area contributed by atoms with Gasteiger partial charge in [0.1, 0.15) is 17.6 Å². The van der Waals surface area contributed by atoms with E-state index in [9.17, 15) is 9.90 Å². The van der Waals surface area contributed by atoms with Gasteiger partial charge in [0, 0.05) is 11.6 Å². The molecule has 1 aromatic heterocycles. The highest BCUT2D eigenvalue weighted by Crippen LogP contribution is 2.44. The second kappa shape index (κ2) is 9.66. The third-order valence-electron chi connectivity index (χ3n) is 5.33. The van der Waals surface area contributed by atoms with Gasteiger partial charge in [0.2, 0.25) is 16.9 Å². The molecule has 1 heterocycles. The van der Waals surface area contributed by atoms with Gasteiger partial charge in [-0.05, 0) is 23.8 Å². The van der Waals surface area contributed by atoms with E-state index in [4.69, 9.17) is 28.1 Å². The highest BCUT2D eigenvalue weighted by molar-refractivity contribution is 5.91. The highest BCUT2D eigenvalue weighted by atomic mass is 16.5. The maximum Gasteiger partial charge on any atom is 0.239 e. The molecule has 3 aromatic carbocycles. The fourth-order valence-corrected chi connectivity index (χ4v) is 3.66. The molecule has 34 heavy (non-hydrogen) atoms. The van der Waals surface area contributed by atoms with Gasteiger partial charge in [0.15, 0.2) is 28.8 Å². The van der Waals surface area contributed by atoms with Crippen LogP contribution in [0.4, 0.5) is 0 Å². The molecule has 0 unspecified atom stereocenters. The first-order valence-corrected chi connectivity index (χ1v) is 10.4. The Balaban J connectivity index is 1.82. The molecule has 0 saturated carbocycles. The number of phenolic OH excluding ortho intramolecular Hbond substituents is 1. The third kappa shape index (κ3) is 4.05. The first-order valence-electron chi connectivity index (χ1n) is 10.4. The Hall–Kier alpha value is -4.33. The number of methoxy groups -OCH3 is 4. The van der Waals surface area contributed by atoms with Gasteiger partial charge in [-0.3, -0.25) is 4.79 Å². The van der Waals surface area contributed by atoms with Gasteiger partial charge in [0.05, 0.1) is 28.4 Å². The van der Waals surface area contributed by atoms with Crippen molar-refractivity contribution >= 4 is 11.0 Å². The molecule has 176 valence electrons. The average Bonchev–Trinajstić information content (AvgIpc) is 2.87. The molecule has 0 fully saturated rings. The van der Waals surface area contributed by atoms with Crippen molar-refractivity contribution < 1.29 is 33.2 Å². The van der Waals surface area contributed by atoms with E-state index in [1.807, 2.05) is 30.3 Å². The Morgan fingerprint density at radius 3 is 2.15 bits per heavy atom. The Labute approximate surface area is 195 Å². The van der Waals surface area contributed by atoms with E-state index >= 15 is 0 Å². The summed E-state index contributed by atoms with van der Waals surface area (Å²) in [6, 6.07) is 16.4. The Morgan fingerprint density at radius 1 is 0.794 bits per heavy atom. The summed E-state index contributed by atoms with van der Waals surface area (Å²) in [7, 11) is 5.63. The zero-order chi connectivity index (χ0) is 24.2. The number of hydrogen-bond acceptors (Lipinski definition) is 8. The van der Waals surface area contributed by atoms with E-state index in [1.54, 1.807) is 18.2 Å². The van der Waals surface area contributed by atoms with Crippen molar-refractivity contribution in [2.24, 2.45) is 0 Å². The Kier molecular flexibility index (Phi) is 6.49. The van der Waals surface area contributed by atoms with Crippen molar-refractivity contribution in [3.8, 4) is 45.8 Å². The first-order chi connectivity index (χ1) is 16.5. The average molecular weight is 464 g/mol. The zero-order valence-corrected chi connectivity index (χ0v) is 19.2. The molecular formula is C26H24O8. The number of benzene rings is 3. The van der Waals surface area contributed by atoms with Gasteiger partial charge in [-0.15, -0.1) is 0 Å². The molecule has 8 nitrogen and oxygen atoms in total. The van der Waals surface area contributed by atoms with Crippen LogP contribution in [0.25, 0.3) is 22.3 Å². The molecule has 0 aliphatic rings. The first kappa shape index (κ1) is 22.8. The van der Waals surface area contributed by atoms with Crippen LogP contribution in [0.15, 0.2) is 63.8 Å². The van der Waals surface area contributed by atoms with Crippen LogP contribution < -0.4 is 29.1 Å². The monoisotopic (exact) mass is 464 g/mol. The number of rotatable bonds is 8.